The van der Waals surface area contributed by atoms with E-state index >= 15 is 0 Å². The first-order valence-corrected chi connectivity index (χ1v) is 8.62. The summed E-state index contributed by atoms with van der Waals surface area (Å²) in [5, 5.41) is 3.58. The van der Waals surface area contributed by atoms with Crippen LogP contribution in [0.15, 0.2) is 12.1 Å². The van der Waals surface area contributed by atoms with Gasteiger partial charge in [-0.2, -0.15) is 0 Å². The molecule has 22 heavy (non-hydrogen) atoms. The molecule has 1 aromatic rings. The fourth-order valence-corrected chi connectivity index (χ4v) is 4.07. The lowest BCUT2D eigenvalue weighted by atomic mass is 9.79. The lowest BCUT2D eigenvalue weighted by molar-refractivity contribution is 0.00949. The van der Waals surface area contributed by atoms with Gasteiger partial charge in [-0.25, -0.2) is 0 Å². The average molecular weight is 301 g/mol. The fourth-order valence-electron chi connectivity index (χ4n) is 4.07. The van der Waals surface area contributed by atoms with Crippen LogP contribution in [-0.4, -0.2) is 31.1 Å². The largest absolute Gasteiger partial charge is 0.378 e. The summed E-state index contributed by atoms with van der Waals surface area (Å²) in [4.78, 5) is 13.2. The van der Waals surface area contributed by atoms with Crippen LogP contribution in [-0.2, 0) is 17.6 Å². The fraction of sp³-hybridized carbons (Fsp3) is 0.632. The summed E-state index contributed by atoms with van der Waals surface area (Å²) < 4.78 is 5.60. The van der Waals surface area contributed by atoms with Crippen LogP contribution in [0.4, 0.5) is 0 Å². The number of rotatable bonds is 4. The van der Waals surface area contributed by atoms with Gasteiger partial charge in [-0.3, -0.25) is 4.79 Å². The minimum Gasteiger partial charge on any atom is -0.378 e. The van der Waals surface area contributed by atoms with E-state index in [9.17, 15) is 4.79 Å². The molecule has 0 saturated carbocycles. The number of piperidine rings is 1. The second-order valence-electron chi connectivity index (χ2n) is 6.80. The Morgan fingerprint density at radius 3 is 2.18 bits per heavy atom. The van der Waals surface area contributed by atoms with Crippen LogP contribution in [0.3, 0.4) is 0 Å². The van der Waals surface area contributed by atoms with Crippen molar-refractivity contribution in [3.05, 3.63) is 34.4 Å². The molecule has 2 aliphatic heterocycles. The van der Waals surface area contributed by atoms with Crippen molar-refractivity contribution in [1.29, 1.82) is 0 Å². The van der Waals surface area contributed by atoms with Crippen molar-refractivity contribution < 1.29 is 9.53 Å². The van der Waals surface area contributed by atoms with Gasteiger partial charge in [-0.05, 0) is 43.7 Å². The second-order valence-corrected chi connectivity index (χ2v) is 6.80. The maximum atomic E-state index is 13.2. The van der Waals surface area contributed by atoms with E-state index in [1.54, 1.807) is 0 Å². The predicted octanol–water partition coefficient (Wildman–Crippen LogP) is 3.07. The van der Waals surface area contributed by atoms with Crippen LogP contribution in [0.5, 0.6) is 0 Å². The van der Waals surface area contributed by atoms with Gasteiger partial charge in [0.05, 0.1) is 13.2 Å². The number of ether oxygens (including phenoxy) is 1. The predicted molar refractivity (Wildman–Crippen MR) is 88.5 cm³/mol. The summed E-state index contributed by atoms with van der Waals surface area (Å²) in [7, 11) is 0. The van der Waals surface area contributed by atoms with Crippen LogP contribution < -0.4 is 5.32 Å². The maximum Gasteiger partial charge on any atom is 0.166 e. The highest BCUT2D eigenvalue weighted by Gasteiger charge is 2.36. The molecular formula is C19H27NO2. The SMILES string of the molecule is CCc1cc(C)cc(CC)c1C(=O)C1CC2COCC(C1)N2. The summed E-state index contributed by atoms with van der Waals surface area (Å²) in [6.07, 6.45) is 3.68. The number of Topliss-reactive ketones (excluding diaryl/α,β-unsaturated/α-hetero) is 1. The minimum atomic E-state index is 0.151. The molecule has 3 heteroatoms. The molecule has 0 spiro atoms. The summed E-state index contributed by atoms with van der Waals surface area (Å²) in [6, 6.07) is 5.08. The van der Waals surface area contributed by atoms with Gasteiger partial charge in [-0.15, -0.1) is 0 Å². The van der Waals surface area contributed by atoms with Gasteiger partial charge in [0, 0.05) is 23.6 Å². The molecule has 120 valence electrons. The van der Waals surface area contributed by atoms with Gasteiger partial charge in [-0.1, -0.05) is 31.5 Å². The molecule has 2 heterocycles. The van der Waals surface area contributed by atoms with Gasteiger partial charge >= 0.3 is 0 Å². The molecule has 3 nitrogen and oxygen atoms in total. The lowest BCUT2D eigenvalue weighted by Gasteiger charge is -2.39. The third-order valence-corrected chi connectivity index (χ3v) is 5.07. The number of fused-ring (bicyclic) bond motifs is 2. The number of hydrogen-bond acceptors (Lipinski definition) is 3. The van der Waals surface area contributed by atoms with Gasteiger partial charge in [0.15, 0.2) is 5.78 Å². The Kier molecular flexibility index (Phi) is 4.65. The first-order valence-electron chi connectivity index (χ1n) is 8.62. The molecule has 1 aromatic carbocycles. The van der Waals surface area contributed by atoms with E-state index in [-0.39, 0.29) is 5.92 Å². The zero-order valence-electron chi connectivity index (χ0n) is 13.9. The summed E-state index contributed by atoms with van der Waals surface area (Å²) in [6.45, 7) is 7.91. The van der Waals surface area contributed by atoms with E-state index in [4.69, 9.17) is 4.74 Å². The number of carbonyl (C=O) groups excluding carboxylic acids is 1. The molecule has 0 aromatic heterocycles. The molecule has 2 saturated heterocycles. The van der Waals surface area contributed by atoms with E-state index in [0.29, 0.717) is 17.9 Å². The van der Waals surface area contributed by atoms with Gasteiger partial charge in [0.25, 0.3) is 0 Å². The van der Waals surface area contributed by atoms with Crippen molar-refractivity contribution in [2.75, 3.05) is 13.2 Å². The molecule has 0 amide bonds. The topological polar surface area (TPSA) is 38.3 Å². The second kappa shape index (κ2) is 6.51. The third kappa shape index (κ3) is 2.97. The molecule has 1 N–H and O–H groups in total. The van der Waals surface area contributed by atoms with Gasteiger partial charge in [0.1, 0.15) is 0 Å². The number of benzene rings is 1. The molecule has 2 atom stereocenters. The number of carbonyl (C=O) groups is 1. The Morgan fingerprint density at radius 2 is 1.68 bits per heavy atom. The average Bonchev–Trinajstić information content (AvgIpc) is 2.52. The van der Waals surface area contributed by atoms with Crippen LogP contribution in [0.2, 0.25) is 0 Å². The highest BCUT2D eigenvalue weighted by molar-refractivity contribution is 6.00. The summed E-state index contributed by atoms with van der Waals surface area (Å²) >= 11 is 0. The zero-order valence-corrected chi connectivity index (χ0v) is 13.9. The molecule has 3 rings (SSSR count). The first-order chi connectivity index (χ1) is 10.6. The highest BCUT2D eigenvalue weighted by atomic mass is 16.5. The normalized spacial score (nSPS) is 27.7. The van der Waals surface area contributed by atoms with Crippen LogP contribution in [0, 0.1) is 12.8 Å². The van der Waals surface area contributed by atoms with Crippen LogP contribution in [0.1, 0.15) is 53.7 Å². The van der Waals surface area contributed by atoms with Gasteiger partial charge < -0.3 is 10.1 Å². The minimum absolute atomic E-state index is 0.151. The Morgan fingerprint density at radius 1 is 1.14 bits per heavy atom. The van der Waals surface area contributed by atoms with Crippen molar-refractivity contribution in [3.8, 4) is 0 Å². The van der Waals surface area contributed by atoms with E-state index in [1.807, 2.05) is 0 Å². The highest BCUT2D eigenvalue weighted by Crippen LogP contribution is 2.30. The Labute approximate surface area is 133 Å². The Bertz CT molecular complexity index is 530. The van der Waals surface area contributed by atoms with Crippen molar-refractivity contribution in [3.63, 3.8) is 0 Å². The lowest BCUT2D eigenvalue weighted by Crippen LogP contribution is -2.55. The molecule has 2 unspecified atom stereocenters. The van der Waals surface area contributed by atoms with Gasteiger partial charge in [0.2, 0.25) is 0 Å². The summed E-state index contributed by atoms with van der Waals surface area (Å²) in [5.74, 6) is 0.519. The molecular weight excluding hydrogens is 274 g/mol. The van der Waals surface area contributed by atoms with E-state index in [1.165, 1.54) is 16.7 Å². The number of ketones is 1. The monoisotopic (exact) mass is 301 g/mol. The third-order valence-electron chi connectivity index (χ3n) is 5.07. The number of hydrogen-bond donors (Lipinski definition) is 1. The van der Waals surface area contributed by atoms with Crippen molar-refractivity contribution >= 4 is 5.78 Å². The Balaban J connectivity index is 1.91. The van der Waals surface area contributed by atoms with Crippen molar-refractivity contribution in [2.24, 2.45) is 5.92 Å². The van der Waals surface area contributed by atoms with Crippen molar-refractivity contribution in [2.45, 2.75) is 58.5 Å². The first kappa shape index (κ1) is 15.7. The standard InChI is InChI=1S/C19H27NO2/c1-4-13-6-12(3)7-14(5-2)18(13)19(21)15-8-16-10-22-11-17(9-15)20-16/h6-7,15-17,20H,4-5,8-11H2,1-3H3. The number of morpholine rings is 1. The number of aryl methyl sites for hydroxylation is 3. The maximum absolute atomic E-state index is 13.2. The van der Waals surface area contributed by atoms with E-state index < -0.39 is 0 Å². The van der Waals surface area contributed by atoms with Crippen LogP contribution in [0.25, 0.3) is 0 Å². The van der Waals surface area contributed by atoms with E-state index in [0.717, 1.165) is 44.5 Å². The van der Waals surface area contributed by atoms with Crippen molar-refractivity contribution in [1.82, 2.24) is 5.32 Å². The molecule has 2 bridgehead atoms. The van der Waals surface area contributed by atoms with Crippen LogP contribution >= 0.6 is 0 Å². The molecule has 0 aliphatic carbocycles. The summed E-state index contributed by atoms with van der Waals surface area (Å²) in [5.41, 5.74) is 4.73. The number of nitrogens with one attached hydrogen (secondary N) is 1. The smallest absolute Gasteiger partial charge is 0.166 e. The quantitative estimate of drug-likeness (QED) is 0.869. The molecule has 2 fully saturated rings. The molecule has 0 radical (unpaired) electrons. The Hall–Kier alpha value is -1.19. The van der Waals surface area contributed by atoms with E-state index in [2.05, 4.69) is 38.2 Å². The molecule has 2 aliphatic rings. The zero-order chi connectivity index (χ0) is 15.7.